The Bertz CT molecular complexity index is 1360. The lowest BCUT2D eigenvalue weighted by Crippen LogP contribution is -2.45. The van der Waals surface area contributed by atoms with E-state index < -0.39 is 17.9 Å². The quantitative estimate of drug-likeness (QED) is 0.299. The van der Waals surface area contributed by atoms with Gasteiger partial charge in [-0.15, -0.1) is 0 Å². The lowest BCUT2D eigenvalue weighted by Gasteiger charge is -2.30. The van der Waals surface area contributed by atoms with E-state index in [4.69, 9.17) is 9.47 Å². The molecule has 0 saturated carbocycles. The fourth-order valence-corrected chi connectivity index (χ4v) is 6.31. The first kappa shape index (κ1) is 28.8. The standard InChI is InChI=1S/C32H41N3O6/c1-3-5-14-33(15-6-4-2)29(36)20-35-19-25(22-11-12-27-28(17-22)41-21-40-27)30(32(38)39)26(35)13-16-34-18-23-9-7-8-10-24(23)31(34)37/h7-12,17-18,25-26,30,37H,3-6,13-16,19-21H2,1-2H3,(H,38,39)/t25-,26+,30?/m1/s1. The van der Waals surface area contributed by atoms with E-state index in [9.17, 15) is 19.8 Å². The maximum Gasteiger partial charge on any atom is 0.308 e. The highest BCUT2D eigenvalue weighted by molar-refractivity contribution is 5.87. The monoisotopic (exact) mass is 563 g/mol. The summed E-state index contributed by atoms with van der Waals surface area (Å²) in [6, 6.07) is 12.9. The highest BCUT2D eigenvalue weighted by Crippen LogP contribution is 2.43. The van der Waals surface area contributed by atoms with Gasteiger partial charge in [0.15, 0.2) is 17.4 Å². The van der Waals surface area contributed by atoms with Crippen LogP contribution in [0, 0.1) is 5.92 Å². The summed E-state index contributed by atoms with van der Waals surface area (Å²) < 4.78 is 12.8. The van der Waals surface area contributed by atoms with Gasteiger partial charge in [0.05, 0.1) is 12.5 Å². The first-order valence-corrected chi connectivity index (χ1v) is 14.8. The van der Waals surface area contributed by atoms with Crippen molar-refractivity contribution in [2.75, 3.05) is 33.0 Å². The Hall–Kier alpha value is -3.72. The van der Waals surface area contributed by atoms with E-state index in [2.05, 4.69) is 18.7 Å². The Labute approximate surface area is 241 Å². The van der Waals surface area contributed by atoms with Gasteiger partial charge in [-0.05, 0) is 43.0 Å². The van der Waals surface area contributed by atoms with Gasteiger partial charge in [-0.2, -0.15) is 0 Å². The van der Waals surface area contributed by atoms with Gasteiger partial charge in [-0.3, -0.25) is 14.5 Å². The van der Waals surface area contributed by atoms with Gasteiger partial charge in [0.25, 0.3) is 0 Å². The van der Waals surface area contributed by atoms with Crippen molar-refractivity contribution in [2.24, 2.45) is 5.92 Å². The number of benzene rings is 2. The number of carbonyl (C=O) groups excluding carboxylic acids is 1. The van der Waals surface area contributed by atoms with Crippen molar-refractivity contribution in [1.29, 1.82) is 0 Å². The number of aromatic hydroxyl groups is 1. The molecule has 2 aromatic carbocycles. The second kappa shape index (κ2) is 12.9. The number of fused-ring (bicyclic) bond motifs is 2. The first-order chi connectivity index (χ1) is 19.9. The molecule has 220 valence electrons. The van der Waals surface area contributed by atoms with Crippen molar-refractivity contribution in [3.63, 3.8) is 0 Å². The third-order valence-corrected chi connectivity index (χ3v) is 8.55. The molecule has 2 aliphatic rings. The minimum Gasteiger partial charge on any atom is -0.494 e. The van der Waals surface area contributed by atoms with Crippen LogP contribution < -0.4 is 9.47 Å². The van der Waals surface area contributed by atoms with Crippen LogP contribution >= 0.6 is 0 Å². The summed E-state index contributed by atoms with van der Waals surface area (Å²) in [5.41, 5.74) is 0.866. The molecule has 0 spiro atoms. The number of aromatic nitrogens is 1. The summed E-state index contributed by atoms with van der Waals surface area (Å²) in [6.07, 6.45) is 6.27. The molecule has 2 N–H and O–H groups in total. The Morgan fingerprint density at radius 1 is 1.02 bits per heavy atom. The van der Waals surface area contributed by atoms with Crippen LogP contribution in [0.2, 0.25) is 0 Å². The van der Waals surface area contributed by atoms with Gasteiger partial charge in [0, 0.05) is 55.1 Å². The lowest BCUT2D eigenvalue weighted by atomic mass is 9.84. The maximum absolute atomic E-state index is 13.6. The van der Waals surface area contributed by atoms with E-state index >= 15 is 0 Å². The maximum atomic E-state index is 13.6. The molecule has 5 rings (SSSR count). The average Bonchev–Trinajstić information content (AvgIpc) is 3.67. The van der Waals surface area contributed by atoms with Crippen LogP contribution in [0.25, 0.3) is 10.8 Å². The lowest BCUT2D eigenvalue weighted by molar-refractivity contribution is -0.144. The number of unbranched alkanes of at least 4 members (excludes halogenated alkanes) is 2. The minimum atomic E-state index is -0.886. The molecule has 3 heterocycles. The number of carbonyl (C=O) groups is 2. The number of hydrogen-bond donors (Lipinski definition) is 2. The number of carboxylic acid groups (broad SMARTS) is 1. The molecule has 0 aliphatic carbocycles. The molecule has 9 heteroatoms. The average molecular weight is 564 g/mol. The van der Waals surface area contributed by atoms with E-state index in [1.54, 1.807) is 4.57 Å². The van der Waals surface area contributed by atoms with Gasteiger partial charge in [0.2, 0.25) is 12.7 Å². The number of amides is 1. The molecule has 0 bridgehead atoms. The van der Waals surface area contributed by atoms with Crippen LogP contribution in [-0.4, -0.2) is 75.5 Å². The molecule has 1 fully saturated rings. The van der Waals surface area contributed by atoms with Gasteiger partial charge in [-0.25, -0.2) is 0 Å². The summed E-state index contributed by atoms with van der Waals surface area (Å²) in [5.74, 6) is -0.449. The van der Waals surface area contributed by atoms with Crippen molar-refractivity contribution >= 4 is 22.6 Å². The molecular formula is C32H41N3O6. The summed E-state index contributed by atoms with van der Waals surface area (Å²) in [7, 11) is 0. The van der Waals surface area contributed by atoms with Crippen molar-refractivity contribution in [3.05, 3.63) is 54.2 Å². The zero-order valence-corrected chi connectivity index (χ0v) is 24.0. The summed E-state index contributed by atoms with van der Waals surface area (Å²) in [5, 5.41) is 23.1. The topological polar surface area (TPSA) is 104 Å². The highest BCUT2D eigenvalue weighted by Gasteiger charge is 2.47. The van der Waals surface area contributed by atoms with Crippen LogP contribution in [0.4, 0.5) is 0 Å². The number of likely N-dealkylation sites (tertiary alicyclic amines) is 1. The van der Waals surface area contributed by atoms with E-state index in [0.717, 1.165) is 42.0 Å². The van der Waals surface area contributed by atoms with E-state index in [1.165, 1.54) is 0 Å². The molecular weight excluding hydrogens is 522 g/mol. The Morgan fingerprint density at radius 2 is 1.76 bits per heavy atom. The molecule has 3 atom stereocenters. The fraction of sp³-hybridized carbons (Fsp3) is 0.500. The number of aryl methyl sites for hydroxylation is 1. The molecule has 3 aromatic rings. The molecule has 2 aliphatic heterocycles. The number of ether oxygens (including phenoxy) is 2. The van der Waals surface area contributed by atoms with Crippen molar-refractivity contribution < 1.29 is 29.3 Å². The Kier molecular flexibility index (Phi) is 9.03. The fourth-order valence-electron chi connectivity index (χ4n) is 6.31. The van der Waals surface area contributed by atoms with Crippen LogP contribution in [-0.2, 0) is 16.1 Å². The molecule has 0 radical (unpaired) electrons. The second-order valence-electron chi connectivity index (χ2n) is 11.2. The van der Waals surface area contributed by atoms with Crippen LogP contribution in [0.15, 0.2) is 48.7 Å². The van der Waals surface area contributed by atoms with Gasteiger partial charge in [-0.1, -0.05) is 51.0 Å². The molecule has 1 aromatic heterocycles. The molecule has 9 nitrogen and oxygen atoms in total. The predicted octanol–water partition coefficient (Wildman–Crippen LogP) is 5.06. The normalized spacial score (nSPS) is 20.1. The predicted molar refractivity (Wildman–Crippen MR) is 156 cm³/mol. The second-order valence-corrected chi connectivity index (χ2v) is 11.2. The zero-order chi connectivity index (χ0) is 28.9. The minimum absolute atomic E-state index is 0.0434. The van der Waals surface area contributed by atoms with Crippen molar-refractivity contribution in [1.82, 2.24) is 14.4 Å². The number of rotatable bonds is 13. The number of hydrogen-bond acceptors (Lipinski definition) is 6. The third kappa shape index (κ3) is 6.15. The molecule has 1 saturated heterocycles. The van der Waals surface area contributed by atoms with Gasteiger partial charge >= 0.3 is 5.97 Å². The number of nitrogens with zero attached hydrogens (tertiary/aromatic N) is 3. The van der Waals surface area contributed by atoms with Crippen LogP contribution in [0.5, 0.6) is 17.4 Å². The molecule has 1 amide bonds. The Morgan fingerprint density at radius 3 is 2.46 bits per heavy atom. The Balaban J connectivity index is 1.43. The number of carboxylic acids is 1. The first-order valence-electron chi connectivity index (χ1n) is 14.8. The largest absolute Gasteiger partial charge is 0.494 e. The van der Waals surface area contributed by atoms with Gasteiger partial charge < -0.3 is 29.2 Å². The van der Waals surface area contributed by atoms with Crippen LogP contribution in [0.1, 0.15) is 57.4 Å². The molecule has 41 heavy (non-hydrogen) atoms. The molecule has 1 unspecified atom stereocenters. The van der Waals surface area contributed by atoms with E-state index in [1.807, 2.05) is 53.6 Å². The summed E-state index contributed by atoms with van der Waals surface area (Å²) in [4.78, 5) is 30.5. The van der Waals surface area contributed by atoms with Gasteiger partial charge in [0.1, 0.15) is 0 Å². The summed E-state index contributed by atoms with van der Waals surface area (Å²) in [6.45, 7) is 6.86. The van der Waals surface area contributed by atoms with Crippen molar-refractivity contribution in [3.8, 4) is 17.4 Å². The smallest absolute Gasteiger partial charge is 0.308 e. The highest BCUT2D eigenvalue weighted by atomic mass is 16.7. The third-order valence-electron chi connectivity index (χ3n) is 8.55. The van der Waals surface area contributed by atoms with E-state index in [-0.39, 0.29) is 31.0 Å². The van der Waals surface area contributed by atoms with E-state index in [0.29, 0.717) is 44.1 Å². The summed E-state index contributed by atoms with van der Waals surface area (Å²) >= 11 is 0. The SMILES string of the molecule is CCCCN(CCCC)C(=O)CN1C[C@H](c2ccc3c(c2)OCO3)C(C(=O)O)[C@@H]1CCn1cc2ccccc2c1O. The van der Waals surface area contributed by atoms with Crippen molar-refractivity contribution in [2.45, 2.75) is 64.5 Å². The number of aliphatic carboxylic acids is 1. The zero-order valence-electron chi connectivity index (χ0n) is 24.0. The van der Waals surface area contributed by atoms with Crippen LogP contribution in [0.3, 0.4) is 0 Å².